The highest BCUT2D eigenvalue weighted by atomic mass is 32.2. The molecule has 0 amide bonds. The zero-order valence-corrected chi connectivity index (χ0v) is 15.1. The lowest BCUT2D eigenvalue weighted by Crippen LogP contribution is -2.38. The van der Waals surface area contributed by atoms with Crippen LogP contribution in [0.3, 0.4) is 0 Å². The summed E-state index contributed by atoms with van der Waals surface area (Å²) < 4.78 is 5.25. The lowest BCUT2D eigenvalue weighted by molar-refractivity contribution is 0.184. The second kappa shape index (κ2) is 10.7. The van der Waals surface area contributed by atoms with Crippen LogP contribution in [0.15, 0.2) is 64.5 Å². The van der Waals surface area contributed by atoms with Crippen LogP contribution in [0.5, 0.6) is 0 Å². The van der Waals surface area contributed by atoms with Crippen molar-refractivity contribution in [3.05, 3.63) is 65.7 Å². The topological polar surface area (TPSA) is 45.7 Å². The Kier molecular flexibility index (Phi) is 8.21. The molecule has 2 aromatic carbocycles. The summed E-state index contributed by atoms with van der Waals surface area (Å²) in [5.74, 6) is 1.81. The Labute approximate surface area is 148 Å². The molecule has 0 spiro atoms. The van der Waals surface area contributed by atoms with Gasteiger partial charge in [0.15, 0.2) is 5.96 Å². The number of thioether (sulfide) groups is 1. The third kappa shape index (κ3) is 6.26. The second-order valence-electron chi connectivity index (χ2n) is 5.22. The van der Waals surface area contributed by atoms with Gasteiger partial charge in [0.1, 0.15) is 0 Å². The number of hydrogen-bond donors (Lipinski definition) is 2. The predicted octanol–water partition coefficient (Wildman–Crippen LogP) is 3.29. The minimum atomic E-state index is 0.623. The molecule has 4 nitrogen and oxygen atoms in total. The van der Waals surface area contributed by atoms with E-state index in [1.165, 1.54) is 16.0 Å². The molecule has 0 aliphatic carbocycles. The summed E-state index contributed by atoms with van der Waals surface area (Å²) >= 11 is 1.83. The van der Waals surface area contributed by atoms with E-state index in [2.05, 4.69) is 52.0 Å². The van der Waals surface area contributed by atoms with Crippen LogP contribution in [0.1, 0.15) is 11.1 Å². The molecule has 24 heavy (non-hydrogen) atoms. The van der Waals surface area contributed by atoms with Gasteiger partial charge in [-0.05, 0) is 23.3 Å². The van der Waals surface area contributed by atoms with Crippen molar-refractivity contribution in [2.24, 2.45) is 4.99 Å². The van der Waals surface area contributed by atoms with Crippen LogP contribution in [0.4, 0.5) is 0 Å². The zero-order valence-electron chi connectivity index (χ0n) is 14.3. The third-order valence-electron chi connectivity index (χ3n) is 3.49. The van der Waals surface area contributed by atoms with Crippen LogP contribution in [-0.4, -0.2) is 32.4 Å². The van der Waals surface area contributed by atoms with Crippen molar-refractivity contribution < 1.29 is 4.74 Å². The van der Waals surface area contributed by atoms with Gasteiger partial charge in [-0.3, -0.25) is 4.99 Å². The first-order chi connectivity index (χ1) is 11.8. The molecule has 2 N–H and O–H groups in total. The van der Waals surface area contributed by atoms with Gasteiger partial charge in [-0.2, -0.15) is 0 Å². The first-order valence-corrected chi connectivity index (χ1v) is 9.00. The van der Waals surface area contributed by atoms with Gasteiger partial charge in [-0.1, -0.05) is 42.5 Å². The summed E-state index contributed by atoms with van der Waals surface area (Å²) in [6.07, 6.45) is 0. The number of aliphatic imine (C=N–C) groups is 1. The summed E-state index contributed by atoms with van der Waals surface area (Å²) in [6, 6.07) is 18.7. The maximum Gasteiger partial charge on any atom is 0.191 e. The Bertz CT molecular complexity index is 632. The van der Waals surface area contributed by atoms with Gasteiger partial charge in [0.25, 0.3) is 0 Å². The van der Waals surface area contributed by atoms with E-state index in [4.69, 9.17) is 4.74 Å². The van der Waals surface area contributed by atoms with Crippen molar-refractivity contribution in [2.45, 2.75) is 18.0 Å². The average molecular weight is 343 g/mol. The lowest BCUT2D eigenvalue weighted by atomic mass is 10.1. The lowest BCUT2D eigenvalue weighted by Gasteiger charge is -2.14. The molecule has 128 valence electrons. The van der Waals surface area contributed by atoms with Crippen LogP contribution in [0.2, 0.25) is 0 Å². The van der Waals surface area contributed by atoms with E-state index >= 15 is 0 Å². The quantitative estimate of drug-likeness (QED) is 0.334. The smallest absolute Gasteiger partial charge is 0.191 e. The SMILES string of the molecule is CN=C(NCCSc1ccccc1)NCc1ccccc1COC. The summed E-state index contributed by atoms with van der Waals surface area (Å²) in [5, 5.41) is 6.71. The minimum Gasteiger partial charge on any atom is -0.380 e. The monoisotopic (exact) mass is 343 g/mol. The Morgan fingerprint density at radius 3 is 2.42 bits per heavy atom. The van der Waals surface area contributed by atoms with Crippen LogP contribution in [0, 0.1) is 0 Å². The van der Waals surface area contributed by atoms with Crippen molar-refractivity contribution in [3.63, 3.8) is 0 Å². The highest BCUT2D eigenvalue weighted by Gasteiger charge is 2.03. The molecule has 0 saturated heterocycles. The van der Waals surface area contributed by atoms with Gasteiger partial charge in [-0.25, -0.2) is 0 Å². The fourth-order valence-electron chi connectivity index (χ4n) is 2.28. The van der Waals surface area contributed by atoms with Gasteiger partial charge in [0.05, 0.1) is 6.61 Å². The number of guanidine groups is 1. The van der Waals surface area contributed by atoms with E-state index in [-0.39, 0.29) is 0 Å². The molecule has 0 bridgehead atoms. The molecule has 0 heterocycles. The molecule has 0 unspecified atom stereocenters. The maximum atomic E-state index is 5.25. The molecule has 0 aliphatic rings. The van der Waals surface area contributed by atoms with Crippen molar-refractivity contribution >= 4 is 17.7 Å². The standard InChI is InChI=1S/C19H25N3OS/c1-20-19(21-12-13-24-18-10-4-3-5-11-18)22-14-16-8-6-7-9-17(16)15-23-2/h3-11H,12-15H2,1-2H3,(H2,20,21,22). The predicted molar refractivity (Wildman–Crippen MR) is 103 cm³/mol. The molecule has 0 atom stereocenters. The van der Waals surface area contributed by atoms with Crippen molar-refractivity contribution in [1.82, 2.24) is 10.6 Å². The molecule has 0 aliphatic heterocycles. The number of nitrogens with zero attached hydrogens (tertiary/aromatic N) is 1. The fraction of sp³-hybridized carbons (Fsp3) is 0.316. The normalized spacial score (nSPS) is 11.3. The molecular formula is C19H25N3OS. The second-order valence-corrected chi connectivity index (χ2v) is 6.38. The van der Waals surface area contributed by atoms with Crippen LogP contribution >= 0.6 is 11.8 Å². The van der Waals surface area contributed by atoms with Crippen molar-refractivity contribution in [3.8, 4) is 0 Å². The first-order valence-electron chi connectivity index (χ1n) is 8.01. The minimum absolute atomic E-state index is 0.623. The van der Waals surface area contributed by atoms with Gasteiger partial charge < -0.3 is 15.4 Å². The Morgan fingerprint density at radius 1 is 1.00 bits per heavy atom. The van der Waals surface area contributed by atoms with E-state index in [0.29, 0.717) is 6.61 Å². The Hall–Kier alpha value is -1.98. The van der Waals surface area contributed by atoms with E-state index in [1.54, 1.807) is 14.2 Å². The van der Waals surface area contributed by atoms with Gasteiger partial charge in [0, 0.05) is 37.9 Å². The molecule has 0 radical (unpaired) electrons. The number of methoxy groups -OCH3 is 1. The van der Waals surface area contributed by atoms with E-state index < -0.39 is 0 Å². The van der Waals surface area contributed by atoms with Crippen LogP contribution < -0.4 is 10.6 Å². The van der Waals surface area contributed by atoms with E-state index in [9.17, 15) is 0 Å². The van der Waals surface area contributed by atoms with Gasteiger partial charge in [-0.15, -0.1) is 11.8 Å². The summed E-state index contributed by atoms with van der Waals surface area (Å²) in [7, 11) is 3.51. The number of rotatable bonds is 8. The van der Waals surface area contributed by atoms with Crippen LogP contribution in [-0.2, 0) is 17.9 Å². The number of nitrogens with one attached hydrogen (secondary N) is 2. The maximum absolute atomic E-state index is 5.25. The molecule has 2 rings (SSSR count). The Morgan fingerprint density at radius 2 is 1.71 bits per heavy atom. The van der Waals surface area contributed by atoms with Gasteiger partial charge in [0.2, 0.25) is 0 Å². The molecule has 0 aromatic heterocycles. The van der Waals surface area contributed by atoms with E-state index in [0.717, 1.165) is 24.8 Å². The fourth-order valence-corrected chi connectivity index (χ4v) is 3.07. The molecular weight excluding hydrogens is 318 g/mol. The molecule has 2 aromatic rings. The Balaban J connectivity index is 1.74. The molecule has 0 saturated carbocycles. The van der Waals surface area contributed by atoms with Crippen molar-refractivity contribution in [1.29, 1.82) is 0 Å². The third-order valence-corrected chi connectivity index (χ3v) is 4.51. The number of benzene rings is 2. The van der Waals surface area contributed by atoms with Crippen molar-refractivity contribution in [2.75, 3.05) is 26.5 Å². The largest absolute Gasteiger partial charge is 0.380 e. The number of ether oxygens (including phenoxy) is 1. The highest BCUT2D eigenvalue weighted by Crippen LogP contribution is 2.15. The van der Waals surface area contributed by atoms with E-state index in [1.807, 2.05) is 30.0 Å². The van der Waals surface area contributed by atoms with Gasteiger partial charge >= 0.3 is 0 Å². The number of hydrogen-bond acceptors (Lipinski definition) is 3. The molecule has 5 heteroatoms. The first kappa shape index (κ1) is 18.4. The summed E-state index contributed by atoms with van der Waals surface area (Å²) in [5.41, 5.74) is 2.42. The summed E-state index contributed by atoms with van der Waals surface area (Å²) in [4.78, 5) is 5.56. The summed E-state index contributed by atoms with van der Waals surface area (Å²) in [6.45, 7) is 2.21. The average Bonchev–Trinajstić information content (AvgIpc) is 2.63. The molecule has 0 fully saturated rings. The zero-order chi connectivity index (χ0) is 17.0. The highest BCUT2D eigenvalue weighted by molar-refractivity contribution is 7.99. The van der Waals surface area contributed by atoms with Crippen LogP contribution in [0.25, 0.3) is 0 Å².